The maximum Gasteiger partial charge on any atom is 0.229 e. The molecular weight excluding hydrogens is 420 g/mol. The summed E-state index contributed by atoms with van der Waals surface area (Å²) in [5, 5.41) is 7.42. The quantitative estimate of drug-likeness (QED) is 0.494. The molecule has 1 aliphatic heterocycles. The molecule has 1 aliphatic rings. The number of hydrogen-bond donors (Lipinski definition) is 2. The molecule has 2 heterocycles. The maximum atomic E-state index is 6.07. The highest BCUT2D eigenvalue weighted by molar-refractivity contribution is 6.30. The van der Waals surface area contributed by atoms with Crippen molar-refractivity contribution in [1.82, 2.24) is 14.9 Å². The molecule has 7 heteroatoms. The first-order valence-electron chi connectivity index (χ1n) is 11.2. The van der Waals surface area contributed by atoms with Gasteiger partial charge in [0.1, 0.15) is 5.82 Å². The molecule has 4 rings (SSSR count). The molecule has 0 amide bonds. The molecule has 1 fully saturated rings. The fourth-order valence-corrected chi connectivity index (χ4v) is 3.70. The van der Waals surface area contributed by atoms with Crippen LogP contribution in [0.4, 0.5) is 28.8 Å². The zero-order chi connectivity index (χ0) is 23.1. The number of nitrogens with zero attached hydrogens (tertiary/aromatic N) is 4. The van der Waals surface area contributed by atoms with Gasteiger partial charge in [-0.3, -0.25) is 0 Å². The highest BCUT2D eigenvalue weighted by Crippen LogP contribution is 2.26. The van der Waals surface area contributed by atoms with Gasteiger partial charge in [-0.1, -0.05) is 25.4 Å². The Labute approximate surface area is 196 Å². The summed E-state index contributed by atoms with van der Waals surface area (Å²) in [5.41, 5.74) is 5.22. The van der Waals surface area contributed by atoms with Crippen molar-refractivity contribution in [1.29, 1.82) is 0 Å². The van der Waals surface area contributed by atoms with Crippen molar-refractivity contribution < 1.29 is 0 Å². The average molecular weight is 453 g/mol. The lowest BCUT2D eigenvalue weighted by atomic mass is 10.2. The average Bonchev–Trinajstić information content (AvgIpc) is 2.80. The van der Waals surface area contributed by atoms with Crippen LogP contribution in [-0.4, -0.2) is 48.1 Å². The number of halogens is 1. The van der Waals surface area contributed by atoms with E-state index < -0.39 is 0 Å². The van der Waals surface area contributed by atoms with Crippen LogP contribution >= 0.6 is 11.6 Å². The van der Waals surface area contributed by atoms with Gasteiger partial charge in [0.05, 0.1) is 0 Å². The van der Waals surface area contributed by atoms with Crippen molar-refractivity contribution in [3.63, 3.8) is 0 Å². The number of hydrogen-bond acceptors (Lipinski definition) is 6. The Morgan fingerprint density at radius 3 is 2.22 bits per heavy atom. The first-order chi connectivity index (χ1) is 15.5. The number of benzene rings is 2. The second-order valence-corrected chi connectivity index (χ2v) is 8.21. The summed E-state index contributed by atoms with van der Waals surface area (Å²) in [4.78, 5) is 13.9. The summed E-state index contributed by atoms with van der Waals surface area (Å²) in [6, 6.07) is 14.2. The third-order valence-electron chi connectivity index (χ3n) is 5.41. The van der Waals surface area contributed by atoms with E-state index in [-0.39, 0.29) is 0 Å². The Balaban J connectivity index is 0.00000141. The van der Waals surface area contributed by atoms with E-state index >= 15 is 0 Å². The van der Waals surface area contributed by atoms with E-state index in [9.17, 15) is 0 Å². The Kier molecular flexibility index (Phi) is 8.31. The molecule has 0 unspecified atom stereocenters. The second-order valence-electron chi connectivity index (χ2n) is 7.77. The van der Waals surface area contributed by atoms with Gasteiger partial charge in [0.15, 0.2) is 0 Å². The van der Waals surface area contributed by atoms with E-state index in [0.717, 1.165) is 59.5 Å². The van der Waals surface area contributed by atoms with Gasteiger partial charge in [-0.15, -0.1) is 0 Å². The number of piperazine rings is 1. The fourth-order valence-electron chi connectivity index (χ4n) is 3.47. The van der Waals surface area contributed by atoms with Gasteiger partial charge in [-0.05, 0) is 68.9 Å². The van der Waals surface area contributed by atoms with Crippen molar-refractivity contribution in [3.05, 3.63) is 64.8 Å². The second kappa shape index (κ2) is 11.2. The first kappa shape index (κ1) is 23.8. The van der Waals surface area contributed by atoms with Gasteiger partial charge in [0.2, 0.25) is 5.95 Å². The number of aryl methyl sites for hydroxylation is 2. The first-order valence-corrected chi connectivity index (χ1v) is 11.5. The highest BCUT2D eigenvalue weighted by atomic mass is 35.5. The summed E-state index contributed by atoms with van der Waals surface area (Å²) in [6.07, 6.45) is 1.82. The predicted octanol–water partition coefficient (Wildman–Crippen LogP) is 6.01. The Bertz CT molecular complexity index is 1010. The summed E-state index contributed by atoms with van der Waals surface area (Å²) >= 11 is 6.07. The molecule has 170 valence electrons. The largest absolute Gasteiger partial charge is 0.369 e. The van der Waals surface area contributed by atoms with E-state index in [1.165, 1.54) is 5.69 Å². The maximum absolute atomic E-state index is 6.07. The molecular formula is C25H33ClN6. The van der Waals surface area contributed by atoms with Crippen LogP contribution in [0.15, 0.2) is 48.7 Å². The molecule has 2 N–H and O–H groups in total. The Morgan fingerprint density at radius 2 is 1.56 bits per heavy atom. The SMILES string of the molecule is CC.Cc1cc(Cl)ccc1Nc1nc(Nc2ccc(N3CCN(C)CC3)cc2)ncc1C. The molecule has 0 radical (unpaired) electrons. The van der Waals surface area contributed by atoms with Crippen molar-refractivity contribution in [2.24, 2.45) is 0 Å². The number of likely N-dealkylation sites (N-methyl/N-ethyl adjacent to an activating group) is 1. The third kappa shape index (κ3) is 6.11. The highest BCUT2D eigenvalue weighted by Gasteiger charge is 2.14. The van der Waals surface area contributed by atoms with Gasteiger partial charge >= 0.3 is 0 Å². The van der Waals surface area contributed by atoms with Crippen LogP contribution in [0.5, 0.6) is 0 Å². The normalized spacial score (nSPS) is 13.9. The standard InChI is InChI=1S/C23H27ClN6.C2H6/c1-16-14-18(24)4-9-21(16)27-22-17(2)15-25-23(28-22)26-19-5-7-20(8-6-19)30-12-10-29(3)11-13-30;1-2/h4-9,14-15H,10-13H2,1-3H3,(H2,25,26,27,28);1-2H3. The van der Waals surface area contributed by atoms with Gasteiger partial charge in [-0.25, -0.2) is 4.98 Å². The van der Waals surface area contributed by atoms with Crippen molar-refractivity contribution >= 4 is 40.4 Å². The van der Waals surface area contributed by atoms with Gasteiger partial charge in [0, 0.05) is 60.0 Å². The summed E-state index contributed by atoms with van der Waals surface area (Å²) in [5.74, 6) is 1.33. The van der Waals surface area contributed by atoms with E-state index in [4.69, 9.17) is 11.6 Å². The molecule has 2 aromatic carbocycles. The van der Waals surface area contributed by atoms with Crippen LogP contribution < -0.4 is 15.5 Å². The Morgan fingerprint density at radius 1 is 0.875 bits per heavy atom. The monoisotopic (exact) mass is 452 g/mol. The van der Waals surface area contributed by atoms with Crippen LogP contribution in [0.3, 0.4) is 0 Å². The zero-order valence-corrected chi connectivity index (χ0v) is 20.4. The fraction of sp³-hybridized carbons (Fsp3) is 0.360. The van der Waals surface area contributed by atoms with Gasteiger partial charge < -0.3 is 20.4 Å². The molecule has 6 nitrogen and oxygen atoms in total. The van der Waals surface area contributed by atoms with Crippen LogP contribution in [0.1, 0.15) is 25.0 Å². The van der Waals surface area contributed by atoms with E-state index in [2.05, 4.69) is 61.7 Å². The lowest BCUT2D eigenvalue weighted by Crippen LogP contribution is -2.44. The Hall–Kier alpha value is -2.83. The minimum Gasteiger partial charge on any atom is -0.369 e. The molecule has 0 aliphatic carbocycles. The summed E-state index contributed by atoms with van der Waals surface area (Å²) < 4.78 is 0. The predicted molar refractivity (Wildman–Crippen MR) is 137 cm³/mol. The number of rotatable bonds is 5. The minimum absolute atomic E-state index is 0.557. The van der Waals surface area contributed by atoms with Gasteiger partial charge in [0.25, 0.3) is 0 Å². The number of anilines is 5. The van der Waals surface area contributed by atoms with E-state index in [0.29, 0.717) is 5.95 Å². The zero-order valence-electron chi connectivity index (χ0n) is 19.6. The lowest BCUT2D eigenvalue weighted by molar-refractivity contribution is 0.313. The number of nitrogens with one attached hydrogen (secondary N) is 2. The molecule has 0 saturated carbocycles. The molecule has 0 atom stereocenters. The molecule has 1 saturated heterocycles. The van der Waals surface area contributed by atoms with Gasteiger partial charge in [-0.2, -0.15) is 4.98 Å². The lowest BCUT2D eigenvalue weighted by Gasteiger charge is -2.34. The molecule has 3 aromatic rings. The summed E-state index contributed by atoms with van der Waals surface area (Å²) in [7, 11) is 2.17. The van der Waals surface area contributed by atoms with Crippen molar-refractivity contribution in [2.45, 2.75) is 27.7 Å². The summed E-state index contributed by atoms with van der Waals surface area (Å²) in [6.45, 7) is 12.3. The molecule has 0 spiro atoms. The van der Waals surface area contributed by atoms with E-state index in [1.54, 1.807) is 0 Å². The molecule has 32 heavy (non-hydrogen) atoms. The number of aromatic nitrogens is 2. The van der Waals surface area contributed by atoms with E-state index in [1.807, 2.05) is 52.1 Å². The molecule has 1 aromatic heterocycles. The van der Waals surface area contributed by atoms with Crippen molar-refractivity contribution in [3.8, 4) is 0 Å². The van der Waals surface area contributed by atoms with Crippen molar-refractivity contribution in [2.75, 3.05) is 48.8 Å². The van der Waals surface area contributed by atoms with Crippen LogP contribution in [0.2, 0.25) is 5.02 Å². The van der Waals surface area contributed by atoms with Crippen LogP contribution in [-0.2, 0) is 0 Å². The topological polar surface area (TPSA) is 56.3 Å². The smallest absolute Gasteiger partial charge is 0.229 e. The third-order valence-corrected chi connectivity index (χ3v) is 5.64. The van der Waals surface area contributed by atoms with Crippen LogP contribution in [0, 0.1) is 13.8 Å². The minimum atomic E-state index is 0.557. The van der Waals surface area contributed by atoms with Crippen LogP contribution in [0.25, 0.3) is 0 Å². The molecule has 0 bridgehead atoms.